The van der Waals surface area contributed by atoms with Gasteiger partial charge in [-0.25, -0.2) is 8.42 Å². The van der Waals surface area contributed by atoms with Gasteiger partial charge in [0.2, 0.25) is 10.0 Å². The zero-order valence-corrected chi connectivity index (χ0v) is 11.7. The highest BCUT2D eigenvalue weighted by Crippen LogP contribution is 2.27. The third-order valence-electron chi connectivity index (χ3n) is 2.99. The lowest BCUT2D eigenvalue weighted by Gasteiger charge is -2.23. The zero-order chi connectivity index (χ0) is 14.8. The average molecular weight is 288 g/mol. The lowest BCUT2D eigenvalue weighted by atomic mass is 10.2. The Morgan fingerprint density at radius 3 is 2.53 bits per heavy atom. The molecule has 0 saturated carbocycles. The van der Waals surface area contributed by atoms with Gasteiger partial charge in [-0.1, -0.05) is 6.07 Å². The van der Waals surface area contributed by atoms with Gasteiger partial charge in [-0.15, -0.1) is 0 Å². The second kappa shape index (κ2) is 5.64. The normalized spacial score (nSPS) is 13.5. The SMILES string of the molecule is Cc1c([N+](=O)[O-])cccc1S(=O)(=O)N(C)C(C)CO. The standard InChI is InChI=1S/C11H16N2O5S/c1-8(7-14)12(3)19(17,18)11-6-4-5-10(9(11)2)13(15)16/h4-6,8,14H,7H2,1-3H3. The predicted molar refractivity (Wildman–Crippen MR) is 69.3 cm³/mol. The quantitative estimate of drug-likeness (QED) is 0.641. The van der Waals surface area contributed by atoms with E-state index in [2.05, 4.69) is 0 Å². The minimum absolute atomic E-state index is 0.0875. The van der Waals surface area contributed by atoms with Crippen LogP contribution in [0.3, 0.4) is 0 Å². The van der Waals surface area contributed by atoms with Crippen molar-refractivity contribution in [3.63, 3.8) is 0 Å². The Bertz CT molecular complexity index is 585. The first-order valence-corrected chi connectivity index (χ1v) is 7.00. The highest BCUT2D eigenvalue weighted by molar-refractivity contribution is 7.89. The summed E-state index contributed by atoms with van der Waals surface area (Å²) in [6, 6.07) is 3.29. The topological polar surface area (TPSA) is 101 Å². The van der Waals surface area contributed by atoms with Crippen molar-refractivity contribution in [3.8, 4) is 0 Å². The van der Waals surface area contributed by atoms with Crippen LogP contribution >= 0.6 is 0 Å². The van der Waals surface area contributed by atoms with Gasteiger partial charge in [0.25, 0.3) is 5.69 Å². The summed E-state index contributed by atoms with van der Waals surface area (Å²) in [5, 5.41) is 19.8. The summed E-state index contributed by atoms with van der Waals surface area (Å²) in [5.41, 5.74) is -0.157. The molecule has 1 aromatic carbocycles. The Labute approximate surface area is 111 Å². The first-order valence-electron chi connectivity index (χ1n) is 5.56. The summed E-state index contributed by atoms with van der Waals surface area (Å²) in [6.45, 7) is 2.61. The molecule has 0 aliphatic carbocycles. The summed E-state index contributed by atoms with van der Waals surface area (Å²) in [6.07, 6.45) is 0. The third-order valence-corrected chi connectivity index (χ3v) is 5.11. The summed E-state index contributed by atoms with van der Waals surface area (Å²) in [7, 11) is -2.54. The van der Waals surface area contributed by atoms with Crippen LogP contribution in [0.5, 0.6) is 0 Å². The molecule has 7 nitrogen and oxygen atoms in total. The number of hydrogen-bond acceptors (Lipinski definition) is 5. The van der Waals surface area contributed by atoms with E-state index < -0.39 is 21.0 Å². The van der Waals surface area contributed by atoms with Gasteiger partial charge in [-0.3, -0.25) is 10.1 Å². The maximum Gasteiger partial charge on any atom is 0.273 e. The fourth-order valence-corrected chi connectivity index (χ4v) is 3.18. The number of nitro benzene ring substituents is 1. The van der Waals surface area contributed by atoms with E-state index in [4.69, 9.17) is 5.11 Å². The number of benzene rings is 1. The van der Waals surface area contributed by atoms with Crippen molar-refractivity contribution in [3.05, 3.63) is 33.9 Å². The van der Waals surface area contributed by atoms with Crippen LogP contribution in [0.15, 0.2) is 23.1 Å². The monoisotopic (exact) mass is 288 g/mol. The second-order valence-corrected chi connectivity index (χ2v) is 6.18. The summed E-state index contributed by atoms with van der Waals surface area (Å²) < 4.78 is 25.6. The van der Waals surface area contributed by atoms with Crippen molar-refractivity contribution < 1.29 is 18.4 Å². The molecule has 0 saturated heterocycles. The molecule has 0 aliphatic heterocycles. The van der Waals surface area contributed by atoms with Gasteiger partial charge in [-0.2, -0.15) is 4.31 Å². The zero-order valence-electron chi connectivity index (χ0n) is 10.9. The molecule has 0 fully saturated rings. The van der Waals surface area contributed by atoms with E-state index in [0.29, 0.717) is 0 Å². The number of likely N-dealkylation sites (N-methyl/N-ethyl adjacent to an activating group) is 1. The van der Waals surface area contributed by atoms with Crippen molar-refractivity contribution in [2.45, 2.75) is 24.8 Å². The van der Waals surface area contributed by atoms with E-state index in [1.54, 1.807) is 6.92 Å². The van der Waals surface area contributed by atoms with Crippen LogP contribution < -0.4 is 0 Å². The highest BCUT2D eigenvalue weighted by atomic mass is 32.2. The Balaban J connectivity index is 3.38. The Hall–Kier alpha value is -1.51. The number of aliphatic hydroxyl groups is 1. The number of sulfonamides is 1. The molecule has 0 aromatic heterocycles. The molecular formula is C11H16N2O5S. The molecule has 19 heavy (non-hydrogen) atoms. The van der Waals surface area contributed by atoms with E-state index in [0.717, 1.165) is 4.31 Å². The van der Waals surface area contributed by atoms with Gasteiger partial charge in [0.1, 0.15) is 0 Å². The Morgan fingerprint density at radius 2 is 2.05 bits per heavy atom. The van der Waals surface area contributed by atoms with Crippen LogP contribution in [0.4, 0.5) is 5.69 Å². The van der Waals surface area contributed by atoms with E-state index in [1.165, 1.54) is 32.2 Å². The average Bonchev–Trinajstić information content (AvgIpc) is 2.36. The first-order chi connectivity index (χ1) is 8.73. The van der Waals surface area contributed by atoms with Gasteiger partial charge in [0, 0.05) is 24.7 Å². The van der Waals surface area contributed by atoms with Crippen LogP contribution in [0.2, 0.25) is 0 Å². The lowest BCUT2D eigenvalue weighted by Crippen LogP contribution is -2.37. The van der Waals surface area contributed by atoms with Crippen molar-refractivity contribution >= 4 is 15.7 Å². The predicted octanol–water partition coefficient (Wildman–Crippen LogP) is 0.905. The van der Waals surface area contributed by atoms with Crippen LogP contribution in [-0.2, 0) is 10.0 Å². The highest BCUT2D eigenvalue weighted by Gasteiger charge is 2.29. The maximum absolute atomic E-state index is 12.3. The number of nitro groups is 1. The molecular weight excluding hydrogens is 272 g/mol. The summed E-state index contributed by atoms with van der Waals surface area (Å²) in [4.78, 5) is 10.1. The second-order valence-electron chi connectivity index (χ2n) is 4.21. The molecule has 1 N–H and O–H groups in total. The first kappa shape index (κ1) is 15.5. The Morgan fingerprint density at radius 1 is 1.47 bits per heavy atom. The van der Waals surface area contributed by atoms with Gasteiger partial charge >= 0.3 is 0 Å². The fourth-order valence-electron chi connectivity index (χ4n) is 1.59. The molecule has 106 valence electrons. The van der Waals surface area contributed by atoms with Crippen LogP contribution in [0.25, 0.3) is 0 Å². The molecule has 0 heterocycles. The van der Waals surface area contributed by atoms with Crippen molar-refractivity contribution in [2.75, 3.05) is 13.7 Å². The molecule has 0 spiro atoms. The number of aliphatic hydroxyl groups excluding tert-OH is 1. The van der Waals surface area contributed by atoms with E-state index in [-0.39, 0.29) is 22.8 Å². The smallest absolute Gasteiger partial charge is 0.273 e. The lowest BCUT2D eigenvalue weighted by molar-refractivity contribution is -0.385. The number of hydrogen-bond donors (Lipinski definition) is 1. The van der Waals surface area contributed by atoms with E-state index in [9.17, 15) is 18.5 Å². The minimum atomic E-state index is -3.87. The molecule has 1 unspecified atom stereocenters. The van der Waals surface area contributed by atoms with Gasteiger partial charge in [0.05, 0.1) is 16.4 Å². The minimum Gasteiger partial charge on any atom is -0.395 e. The van der Waals surface area contributed by atoms with Crippen molar-refractivity contribution in [1.82, 2.24) is 4.31 Å². The largest absolute Gasteiger partial charge is 0.395 e. The summed E-state index contributed by atoms with van der Waals surface area (Å²) in [5.74, 6) is 0. The fraction of sp³-hybridized carbons (Fsp3) is 0.455. The van der Waals surface area contributed by atoms with Crippen LogP contribution in [-0.4, -0.2) is 42.4 Å². The van der Waals surface area contributed by atoms with Gasteiger partial charge < -0.3 is 5.11 Å². The number of rotatable bonds is 5. The van der Waals surface area contributed by atoms with Crippen molar-refractivity contribution in [2.24, 2.45) is 0 Å². The summed E-state index contributed by atoms with van der Waals surface area (Å²) >= 11 is 0. The number of nitrogens with zero attached hydrogens (tertiary/aromatic N) is 2. The molecule has 0 bridgehead atoms. The molecule has 8 heteroatoms. The van der Waals surface area contributed by atoms with E-state index in [1.807, 2.05) is 0 Å². The molecule has 1 rings (SSSR count). The molecule has 1 aromatic rings. The van der Waals surface area contributed by atoms with E-state index >= 15 is 0 Å². The molecule has 0 aliphatic rings. The van der Waals surface area contributed by atoms with Gasteiger partial charge in [-0.05, 0) is 19.9 Å². The van der Waals surface area contributed by atoms with Gasteiger partial charge in [0.15, 0.2) is 0 Å². The van der Waals surface area contributed by atoms with Crippen molar-refractivity contribution in [1.29, 1.82) is 0 Å². The molecule has 1 atom stereocenters. The molecule has 0 amide bonds. The maximum atomic E-state index is 12.3. The third kappa shape index (κ3) is 2.91. The van der Waals surface area contributed by atoms with Crippen LogP contribution in [0, 0.1) is 17.0 Å². The Kier molecular flexibility index (Phi) is 4.61. The van der Waals surface area contributed by atoms with Crippen LogP contribution in [0.1, 0.15) is 12.5 Å². The molecule has 0 radical (unpaired) electrons.